The molecule has 0 aliphatic carbocycles. The van der Waals surface area contributed by atoms with Crippen molar-refractivity contribution in [2.45, 2.75) is 19.8 Å². The van der Waals surface area contributed by atoms with Crippen molar-refractivity contribution in [2.75, 3.05) is 41.4 Å². The molecule has 0 unspecified atom stereocenters. The van der Waals surface area contributed by atoms with Crippen LogP contribution in [0.15, 0.2) is 41.5 Å². The van der Waals surface area contributed by atoms with Crippen LogP contribution in [0.3, 0.4) is 0 Å². The lowest BCUT2D eigenvalue weighted by atomic mass is 10.1. The van der Waals surface area contributed by atoms with Gasteiger partial charge in [-0.15, -0.1) is 0 Å². The molecule has 0 radical (unpaired) electrons. The summed E-state index contributed by atoms with van der Waals surface area (Å²) < 4.78 is 10.7. The summed E-state index contributed by atoms with van der Waals surface area (Å²) in [5, 5.41) is 3.41. The fourth-order valence-electron chi connectivity index (χ4n) is 2.79. The van der Waals surface area contributed by atoms with Crippen LogP contribution in [0.25, 0.3) is 0 Å². The summed E-state index contributed by atoms with van der Waals surface area (Å²) in [6, 6.07) is 10.2. The number of nitrogens with zero attached hydrogens (tertiary/aromatic N) is 3. The minimum Gasteiger partial charge on any atom is -0.493 e. The normalized spacial score (nSPS) is 11.2. The zero-order chi connectivity index (χ0) is 19.6. The summed E-state index contributed by atoms with van der Waals surface area (Å²) in [7, 11) is 7.16. The molecule has 146 valence electrons. The Morgan fingerprint density at radius 1 is 1.07 bits per heavy atom. The maximum atomic E-state index is 5.38. The van der Waals surface area contributed by atoms with Gasteiger partial charge in [0.2, 0.25) is 0 Å². The van der Waals surface area contributed by atoms with E-state index in [-0.39, 0.29) is 0 Å². The number of likely N-dealkylation sites (N-methyl/N-ethyl adjacent to an activating group) is 1. The molecule has 0 bridgehead atoms. The average molecular weight is 370 g/mol. The number of hydrogen-bond donors (Lipinski definition) is 1. The van der Waals surface area contributed by atoms with E-state index in [9.17, 15) is 0 Å². The summed E-state index contributed by atoms with van der Waals surface area (Å²) in [5.41, 5.74) is 3.45. The van der Waals surface area contributed by atoms with Crippen LogP contribution < -0.4 is 14.8 Å². The van der Waals surface area contributed by atoms with Gasteiger partial charge in [0.25, 0.3) is 0 Å². The molecule has 1 N–H and O–H groups in total. The van der Waals surface area contributed by atoms with E-state index in [0.717, 1.165) is 49.1 Å². The molecular formula is C21H30N4O2. The predicted molar refractivity (Wildman–Crippen MR) is 110 cm³/mol. The van der Waals surface area contributed by atoms with Crippen molar-refractivity contribution >= 4 is 5.96 Å². The second kappa shape index (κ2) is 10.4. The minimum absolute atomic E-state index is 0.748. The second-order valence-electron chi connectivity index (χ2n) is 6.39. The number of rotatable bonds is 8. The van der Waals surface area contributed by atoms with E-state index in [1.54, 1.807) is 14.2 Å². The second-order valence-corrected chi connectivity index (χ2v) is 6.39. The Morgan fingerprint density at radius 3 is 2.44 bits per heavy atom. The molecule has 27 heavy (non-hydrogen) atoms. The monoisotopic (exact) mass is 370 g/mol. The number of guanidine groups is 1. The van der Waals surface area contributed by atoms with E-state index in [2.05, 4.69) is 32.3 Å². The van der Waals surface area contributed by atoms with Crippen LogP contribution in [0.5, 0.6) is 11.5 Å². The molecule has 6 nitrogen and oxygen atoms in total. The third kappa shape index (κ3) is 6.16. The van der Waals surface area contributed by atoms with Crippen molar-refractivity contribution in [3.63, 3.8) is 0 Å². The van der Waals surface area contributed by atoms with Gasteiger partial charge in [0, 0.05) is 39.1 Å². The molecule has 1 heterocycles. The highest BCUT2D eigenvalue weighted by Crippen LogP contribution is 2.27. The maximum absolute atomic E-state index is 5.38. The Morgan fingerprint density at radius 2 is 1.81 bits per heavy atom. The predicted octanol–water partition coefficient (Wildman–Crippen LogP) is 2.70. The van der Waals surface area contributed by atoms with Gasteiger partial charge in [-0.25, -0.2) is 0 Å². The van der Waals surface area contributed by atoms with Crippen molar-refractivity contribution in [1.82, 2.24) is 15.2 Å². The Bertz CT molecular complexity index is 744. The topological polar surface area (TPSA) is 59.0 Å². The van der Waals surface area contributed by atoms with Gasteiger partial charge >= 0.3 is 0 Å². The molecule has 0 saturated carbocycles. The lowest BCUT2D eigenvalue weighted by molar-refractivity contribution is 0.354. The summed E-state index contributed by atoms with van der Waals surface area (Å²) in [5.74, 6) is 2.39. The van der Waals surface area contributed by atoms with Crippen LogP contribution in [0.4, 0.5) is 0 Å². The zero-order valence-corrected chi connectivity index (χ0v) is 17.0. The number of aryl methyl sites for hydroxylation is 1. The van der Waals surface area contributed by atoms with Crippen molar-refractivity contribution in [2.24, 2.45) is 4.99 Å². The zero-order valence-electron chi connectivity index (χ0n) is 17.0. The maximum Gasteiger partial charge on any atom is 0.193 e. The Labute approximate surface area is 162 Å². The van der Waals surface area contributed by atoms with Gasteiger partial charge in [-0.3, -0.25) is 9.98 Å². The average Bonchev–Trinajstić information content (AvgIpc) is 2.70. The molecule has 1 aromatic heterocycles. The fraction of sp³-hybridized carbons (Fsp3) is 0.429. The van der Waals surface area contributed by atoms with Crippen LogP contribution in [-0.2, 0) is 12.8 Å². The Hall–Kier alpha value is -2.76. The van der Waals surface area contributed by atoms with Crippen LogP contribution >= 0.6 is 0 Å². The van der Waals surface area contributed by atoms with Crippen LogP contribution in [-0.4, -0.2) is 57.2 Å². The molecule has 0 fully saturated rings. The van der Waals surface area contributed by atoms with Crippen molar-refractivity contribution in [1.29, 1.82) is 0 Å². The van der Waals surface area contributed by atoms with Gasteiger partial charge in [-0.1, -0.05) is 12.1 Å². The standard InChI is InChI=1S/C21H30N4O2/c1-16-6-7-18(15-24-16)10-12-23-21(22-2)25(3)13-11-17-8-9-19(26-4)20(14-17)27-5/h6-9,14-15H,10-13H2,1-5H3,(H,22,23). The Kier molecular flexibility index (Phi) is 7.92. The number of aliphatic imine (C=N–C) groups is 1. The summed E-state index contributed by atoms with van der Waals surface area (Å²) in [4.78, 5) is 10.8. The first kappa shape index (κ1) is 20.6. The van der Waals surface area contributed by atoms with Gasteiger partial charge in [0.1, 0.15) is 0 Å². The van der Waals surface area contributed by atoms with Crippen molar-refractivity contribution in [3.05, 3.63) is 53.3 Å². The number of methoxy groups -OCH3 is 2. The van der Waals surface area contributed by atoms with Gasteiger partial charge in [-0.2, -0.15) is 0 Å². The van der Waals surface area contributed by atoms with Crippen molar-refractivity contribution in [3.8, 4) is 11.5 Å². The third-order valence-corrected chi connectivity index (χ3v) is 4.43. The number of aromatic nitrogens is 1. The van der Waals surface area contributed by atoms with Crippen LogP contribution in [0.1, 0.15) is 16.8 Å². The van der Waals surface area contributed by atoms with E-state index in [1.807, 2.05) is 45.4 Å². The fourth-order valence-corrected chi connectivity index (χ4v) is 2.79. The van der Waals surface area contributed by atoms with E-state index < -0.39 is 0 Å². The molecule has 2 rings (SSSR count). The molecular weight excluding hydrogens is 340 g/mol. The molecule has 0 amide bonds. The van der Waals surface area contributed by atoms with Gasteiger partial charge in [-0.05, 0) is 49.1 Å². The summed E-state index contributed by atoms with van der Waals surface area (Å²) >= 11 is 0. The van der Waals surface area contributed by atoms with E-state index in [1.165, 1.54) is 11.1 Å². The smallest absolute Gasteiger partial charge is 0.193 e. The van der Waals surface area contributed by atoms with Gasteiger partial charge < -0.3 is 19.7 Å². The molecule has 1 aromatic carbocycles. The lowest BCUT2D eigenvalue weighted by Crippen LogP contribution is -2.40. The number of ether oxygens (including phenoxy) is 2. The van der Waals surface area contributed by atoms with Crippen LogP contribution in [0, 0.1) is 6.92 Å². The number of pyridine rings is 1. The van der Waals surface area contributed by atoms with E-state index in [4.69, 9.17) is 9.47 Å². The minimum atomic E-state index is 0.748. The largest absolute Gasteiger partial charge is 0.493 e. The molecule has 2 aromatic rings. The molecule has 0 saturated heterocycles. The van der Waals surface area contributed by atoms with Gasteiger partial charge in [0.15, 0.2) is 17.5 Å². The number of benzene rings is 1. The molecule has 6 heteroatoms. The number of hydrogen-bond acceptors (Lipinski definition) is 4. The van der Waals surface area contributed by atoms with Crippen molar-refractivity contribution < 1.29 is 9.47 Å². The van der Waals surface area contributed by atoms with Gasteiger partial charge in [0.05, 0.1) is 14.2 Å². The highest BCUT2D eigenvalue weighted by molar-refractivity contribution is 5.79. The summed E-state index contributed by atoms with van der Waals surface area (Å²) in [6.45, 7) is 3.66. The highest BCUT2D eigenvalue weighted by atomic mass is 16.5. The SMILES string of the molecule is CN=C(NCCc1ccc(C)nc1)N(C)CCc1ccc(OC)c(OC)c1. The molecule has 0 aliphatic heterocycles. The van der Waals surface area contributed by atoms with E-state index in [0.29, 0.717) is 0 Å². The molecule has 0 atom stereocenters. The number of nitrogens with one attached hydrogen (secondary N) is 1. The summed E-state index contributed by atoms with van der Waals surface area (Å²) in [6.07, 6.45) is 3.73. The first-order chi connectivity index (χ1) is 13.1. The lowest BCUT2D eigenvalue weighted by Gasteiger charge is -2.22. The van der Waals surface area contributed by atoms with Crippen LogP contribution in [0.2, 0.25) is 0 Å². The molecule has 0 aliphatic rings. The molecule has 0 spiro atoms. The quantitative estimate of drug-likeness (QED) is 0.572. The highest BCUT2D eigenvalue weighted by Gasteiger charge is 2.08. The van der Waals surface area contributed by atoms with E-state index >= 15 is 0 Å². The third-order valence-electron chi connectivity index (χ3n) is 4.43. The first-order valence-corrected chi connectivity index (χ1v) is 9.11. The Balaban J connectivity index is 1.84. The first-order valence-electron chi connectivity index (χ1n) is 9.11.